The molecule has 0 aromatic rings. The Kier molecular flexibility index (Phi) is 53.6. The summed E-state index contributed by atoms with van der Waals surface area (Å²) in [6.45, 7) is 6.26. The molecule has 0 saturated heterocycles. The highest BCUT2D eigenvalue weighted by Gasteiger charge is 2.19. The highest BCUT2D eigenvalue weighted by molar-refractivity contribution is 5.71. The lowest BCUT2D eigenvalue weighted by Gasteiger charge is -2.18. The number of carbonyl (C=O) groups excluding carboxylic acids is 3. The standard InChI is InChI=1S/C65H100O6/c1-4-7-10-13-16-19-22-25-28-31-32-35-37-40-43-46-49-52-55-58-64(67)70-61-62(71-65(68)59-56-53-50-47-44-41-38-34-30-27-24-21-18-15-12-9-6-3)60-69-63(66)57-54-51-48-45-42-39-36-33-29-26-23-20-17-14-11-8-5-2/h7,9-10,12,16-21,25-30,32,35-36,38-41,43,49,52,62H,4-6,8,11,13-15,22-24,31,33-34,37,42,44-48,50-51,53-61H2,1-3H3/b10-7-,12-9-,19-16-,20-17-,21-18-,28-25-,29-26-,30-27-,35-32-,39-36-,41-38-,43-40-,52-49-/t62-/m0/s1. The molecule has 0 aromatic carbocycles. The second-order valence-corrected chi connectivity index (χ2v) is 17.7. The molecule has 71 heavy (non-hydrogen) atoms. The van der Waals surface area contributed by atoms with Crippen LogP contribution in [-0.4, -0.2) is 37.2 Å². The molecule has 0 spiro atoms. The van der Waals surface area contributed by atoms with Gasteiger partial charge in [-0.05, 0) is 135 Å². The quantitative estimate of drug-likeness (QED) is 0.0262. The third kappa shape index (κ3) is 55.8. The minimum Gasteiger partial charge on any atom is -0.462 e. The van der Waals surface area contributed by atoms with E-state index in [0.717, 1.165) is 141 Å². The van der Waals surface area contributed by atoms with Gasteiger partial charge >= 0.3 is 17.9 Å². The van der Waals surface area contributed by atoms with Crippen LogP contribution in [0.2, 0.25) is 0 Å². The fourth-order valence-electron chi connectivity index (χ4n) is 6.88. The van der Waals surface area contributed by atoms with Crippen molar-refractivity contribution in [1.82, 2.24) is 0 Å². The summed E-state index contributed by atoms with van der Waals surface area (Å²) in [6, 6.07) is 0. The number of hydrogen-bond acceptors (Lipinski definition) is 6. The molecule has 0 saturated carbocycles. The Hall–Kier alpha value is -4.97. The molecule has 6 nitrogen and oxygen atoms in total. The molecular formula is C65H100O6. The molecule has 0 rings (SSSR count). The summed E-state index contributed by atoms with van der Waals surface area (Å²) in [5.74, 6) is -1.07. The zero-order valence-corrected chi connectivity index (χ0v) is 45.2. The zero-order chi connectivity index (χ0) is 51.4. The SMILES string of the molecule is CC/C=C\C/C=C\C/C=C\C/C=C\C/C=C\C/C=C\CCC(=O)OC[C@H](COC(=O)CCCCCC/C=C\C/C=C\C/C=C\CCCCC)OC(=O)CCCCCC/C=C\C/C=C\C/C=C\C/C=C\CC. The van der Waals surface area contributed by atoms with Crippen molar-refractivity contribution < 1.29 is 28.6 Å². The van der Waals surface area contributed by atoms with Crippen LogP contribution in [0, 0.1) is 0 Å². The average Bonchev–Trinajstić information content (AvgIpc) is 3.37. The first kappa shape index (κ1) is 66.0. The lowest BCUT2D eigenvalue weighted by Crippen LogP contribution is -2.30. The lowest BCUT2D eigenvalue weighted by molar-refractivity contribution is -0.166. The minimum absolute atomic E-state index is 0.131. The van der Waals surface area contributed by atoms with Crippen molar-refractivity contribution in [3.05, 3.63) is 158 Å². The number of esters is 3. The summed E-state index contributed by atoms with van der Waals surface area (Å²) in [4.78, 5) is 38.1. The number of carbonyl (C=O) groups is 3. The van der Waals surface area contributed by atoms with Gasteiger partial charge in [0.1, 0.15) is 13.2 Å². The van der Waals surface area contributed by atoms with E-state index in [4.69, 9.17) is 14.2 Å². The molecule has 0 bridgehead atoms. The molecule has 0 fully saturated rings. The second kappa shape index (κ2) is 57.6. The van der Waals surface area contributed by atoms with Crippen molar-refractivity contribution >= 4 is 17.9 Å². The Morgan fingerprint density at radius 2 is 0.577 bits per heavy atom. The van der Waals surface area contributed by atoms with Crippen LogP contribution < -0.4 is 0 Å². The van der Waals surface area contributed by atoms with E-state index in [9.17, 15) is 14.4 Å². The molecule has 0 aliphatic carbocycles. The van der Waals surface area contributed by atoms with Gasteiger partial charge in [-0.15, -0.1) is 0 Å². The number of unbranched alkanes of at least 4 members (excludes halogenated alkanes) is 11. The van der Waals surface area contributed by atoms with Crippen molar-refractivity contribution in [3.63, 3.8) is 0 Å². The molecular weight excluding hydrogens is 877 g/mol. The third-order valence-electron chi connectivity index (χ3n) is 11.0. The first-order chi connectivity index (χ1) is 35.0. The number of hydrogen-bond donors (Lipinski definition) is 0. The fraction of sp³-hybridized carbons (Fsp3) is 0.554. The van der Waals surface area contributed by atoms with Gasteiger partial charge in [-0.1, -0.05) is 217 Å². The number of ether oxygens (including phenoxy) is 3. The van der Waals surface area contributed by atoms with Gasteiger partial charge in [0.2, 0.25) is 0 Å². The first-order valence-corrected chi connectivity index (χ1v) is 28.0. The summed E-state index contributed by atoms with van der Waals surface area (Å²) < 4.78 is 16.7. The smallest absolute Gasteiger partial charge is 0.306 e. The molecule has 0 aromatic heterocycles. The maximum absolute atomic E-state index is 12.8. The number of rotatable bonds is 48. The van der Waals surface area contributed by atoms with E-state index in [1.165, 1.54) is 25.7 Å². The molecule has 1 atom stereocenters. The minimum atomic E-state index is -0.840. The maximum atomic E-state index is 12.8. The van der Waals surface area contributed by atoms with E-state index in [0.29, 0.717) is 12.8 Å². The van der Waals surface area contributed by atoms with E-state index in [1.54, 1.807) is 0 Å². The van der Waals surface area contributed by atoms with Crippen LogP contribution in [0.1, 0.15) is 213 Å². The molecule has 396 valence electrons. The van der Waals surface area contributed by atoms with Crippen LogP contribution in [0.25, 0.3) is 0 Å². The monoisotopic (exact) mass is 977 g/mol. The van der Waals surface area contributed by atoms with Gasteiger partial charge in [0.15, 0.2) is 6.10 Å². The molecule has 0 radical (unpaired) electrons. The summed E-state index contributed by atoms with van der Waals surface area (Å²) in [5.41, 5.74) is 0. The van der Waals surface area contributed by atoms with E-state index in [2.05, 4.69) is 167 Å². The van der Waals surface area contributed by atoms with Crippen LogP contribution >= 0.6 is 0 Å². The molecule has 0 N–H and O–H groups in total. The average molecular weight is 978 g/mol. The van der Waals surface area contributed by atoms with Gasteiger partial charge in [0.05, 0.1) is 0 Å². The molecule has 0 aliphatic heterocycles. The molecule has 0 aliphatic rings. The normalized spacial score (nSPS) is 13.3. The van der Waals surface area contributed by atoms with Crippen molar-refractivity contribution in [2.75, 3.05) is 13.2 Å². The van der Waals surface area contributed by atoms with E-state index >= 15 is 0 Å². The van der Waals surface area contributed by atoms with Crippen LogP contribution in [0.5, 0.6) is 0 Å². The molecule has 6 heteroatoms. The topological polar surface area (TPSA) is 78.9 Å². The van der Waals surface area contributed by atoms with Crippen molar-refractivity contribution in [2.45, 2.75) is 219 Å². The van der Waals surface area contributed by atoms with E-state index in [-0.39, 0.29) is 44.0 Å². The Bertz CT molecular complexity index is 1640. The molecule has 0 amide bonds. The second-order valence-electron chi connectivity index (χ2n) is 17.7. The van der Waals surface area contributed by atoms with Gasteiger partial charge in [-0.2, -0.15) is 0 Å². The van der Waals surface area contributed by atoms with Crippen molar-refractivity contribution in [1.29, 1.82) is 0 Å². The van der Waals surface area contributed by atoms with E-state index in [1.807, 2.05) is 12.2 Å². The van der Waals surface area contributed by atoms with Crippen LogP contribution in [0.15, 0.2) is 158 Å². The van der Waals surface area contributed by atoms with Gasteiger partial charge in [-0.3, -0.25) is 14.4 Å². The Balaban J connectivity index is 4.62. The van der Waals surface area contributed by atoms with Crippen molar-refractivity contribution in [2.24, 2.45) is 0 Å². The summed E-state index contributed by atoms with van der Waals surface area (Å²) in [6.07, 6.45) is 83.8. The van der Waals surface area contributed by atoms with Crippen LogP contribution in [-0.2, 0) is 28.6 Å². The first-order valence-electron chi connectivity index (χ1n) is 28.0. The Morgan fingerprint density at radius 3 is 0.930 bits per heavy atom. The Morgan fingerprint density at radius 1 is 0.296 bits per heavy atom. The zero-order valence-electron chi connectivity index (χ0n) is 45.2. The van der Waals surface area contributed by atoms with Crippen molar-refractivity contribution in [3.8, 4) is 0 Å². The third-order valence-corrected chi connectivity index (χ3v) is 11.0. The summed E-state index contributed by atoms with van der Waals surface area (Å²) in [5, 5.41) is 0. The predicted octanol–water partition coefficient (Wildman–Crippen LogP) is 19.0. The van der Waals surface area contributed by atoms with Gasteiger partial charge < -0.3 is 14.2 Å². The summed E-state index contributed by atoms with van der Waals surface area (Å²) in [7, 11) is 0. The Labute approximate surface area is 435 Å². The molecule has 0 heterocycles. The van der Waals surface area contributed by atoms with Gasteiger partial charge in [0, 0.05) is 19.3 Å². The summed E-state index contributed by atoms with van der Waals surface area (Å²) >= 11 is 0. The highest BCUT2D eigenvalue weighted by Crippen LogP contribution is 2.11. The van der Waals surface area contributed by atoms with E-state index < -0.39 is 6.10 Å². The largest absolute Gasteiger partial charge is 0.462 e. The highest BCUT2D eigenvalue weighted by atomic mass is 16.6. The number of allylic oxidation sites excluding steroid dienone is 26. The lowest BCUT2D eigenvalue weighted by atomic mass is 10.1. The predicted molar refractivity (Wildman–Crippen MR) is 306 cm³/mol. The van der Waals surface area contributed by atoms with Gasteiger partial charge in [0.25, 0.3) is 0 Å². The van der Waals surface area contributed by atoms with Crippen LogP contribution in [0.3, 0.4) is 0 Å². The van der Waals surface area contributed by atoms with Gasteiger partial charge in [-0.25, -0.2) is 0 Å². The molecule has 0 unspecified atom stereocenters. The maximum Gasteiger partial charge on any atom is 0.306 e. The van der Waals surface area contributed by atoms with Crippen LogP contribution in [0.4, 0.5) is 0 Å². The fourth-order valence-corrected chi connectivity index (χ4v) is 6.88.